The maximum Gasteiger partial charge on any atom is 0.407 e. The number of alkyl carbamates (subject to hydrolysis) is 2. The molecule has 14 heteroatoms. The lowest BCUT2D eigenvalue weighted by atomic mass is 10.1. The zero-order valence-corrected chi connectivity index (χ0v) is 27.4. The van der Waals surface area contributed by atoms with E-state index in [4.69, 9.17) is 15.2 Å². The minimum Gasteiger partial charge on any atom is -0.444 e. The van der Waals surface area contributed by atoms with Gasteiger partial charge in [-0.25, -0.2) is 14.0 Å². The van der Waals surface area contributed by atoms with Crippen LogP contribution in [0.15, 0.2) is 36.4 Å². The third-order valence-electron chi connectivity index (χ3n) is 7.28. The van der Waals surface area contributed by atoms with E-state index in [-0.39, 0.29) is 11.6 Å². The smallest absolute Gasteiger partial charge is 0.407 e. The summed E-state index contributed by atoms with van der Waals surface area (Å²) in [5, 5.41) is 16.2. The minimum absolute atomic E-state index is 0.158. The Balaban J connectivity index is 0.000000251. The van der Waals surface area contributed by atoms with Crippen molar-refractivity contribution < 1.29 is 32.8 Å². The van der Waals surface area contributed by atoms with Gasteiger partial charge in [0.2, 0.25) is 5.82 Å². The Labute approximate surface area is 268 Å². The summed E-state index contributed by atoms with van der Waals surface area (Å²) in [6.07, 6.45) is 0.933. The maximum absolute atomic E-state index is 13.7. The number of nitro benzene ring substituents is 1. The van der Waals surface area contributed by atoms with Crippen LogP contribution in [0, 0.1) is 33.6 Å². The molecule has 2 amide bonds. The van der Waals surface area contributed by atoms with Gasteiger partial charge in [0.15, 0.2) is 0 Å². The Bertz CT molecular complexity index is 1380. The van der Waals surface area contributed by atoms with Crippen LogP contribution in [0.5, 0.6) is 0 Å². The van der Waals surface area contributed by atoms with Gasteiger partial charge in [-0.05, 0) is 90.5 Å². The van der Waals surface area contributed by atoms with Gasteiger partial charge in [-0.1, -0.05) is 0 Å². The predicted octanol–water partition coefficient (Wildman–Crippen LogP) is 5.84. The number of hydrogen-bond donors (Lipinski definition) is 3. The highest BCUT2D eigenvalue weighted by Gasteiger charge is 2.27. The lowest BCUT2D eigenvalue weighted by Gasteiger charge is -2.21. The maximum atomic E-state index is 13.7. The number of halogens is 2. The average Bonchev–Trinajstić information content (AvgIpc) is 3.61. The summed E-state index contributed by atoms with van der Waals surface area (Å²) < 4.78 is 37.6. The first-order valence-corrected chi connectivity index (χ1v) is 15.3. The zero-order valence-electron chi connectivity index (χ0n) is 27.4. The fraction of sp³-hybridized carbons (Fsp3) is 0.562. The topological polar surface area (TPSA) is 152 Å². The Morgan fingerprint density at radius 3 is 1.67 bits per heavy atom. The van der Waals surface area contributed by atoms with Crippen LogP contribution in [-0.4, -0.2) is 67.6 Å². The molecular formula is C32H46F2N6O6. The third kappa shape index (κ3) is 11.5. The molecule has 4 N–H and O–H groups in total. The first-order valence-electron chi connectivity index (χ1n) is 15.3. The molecule has 2 heterocycles. The van der Waals surface area contributed by atoms with Gasteiger partial charge in [0.25, 0.3) is 0 Å². The number of nitro groups is 1. The number of nitrogens with one attached hydrogen (secondary N) is 2. The lowest BCUT2D eigenvalue weighted by molar-refractivity contribution is -0.387. The van der Waals surface area contributed by atoms with Gasteiger partial charge in [-0.2, -0.15) is 4.39 Å². The second kappa shape index (κ2) is 15.3. The molecule has 0 aliphatic carbocycles. The summed E-state index contributed by atoms with van der Waals surface area (Å²) in [4.78, 5) is 37.3. The van der Waals surface area contributed by atoms with Crippen molar-refractivity contribution in [1.82, 2.24) is 10.6 Å². The van der Waals surface area contributed by atoms with E-state index in [2.05, 4.69) is 15.5 Å². The summed E-state index contributed by atoms with van der Waals surface area (Å²) in [6, 6.07) is 8.77. The minimum atomic E-state index is -0.840. The van der Waals surface area contributed by atoms with Crippen molar-refractivity contribution in [1.29, 1.82) is 0 Å². The molecule has 0 aromatic heterocycles. The number of amides is 2. The number of nitrogens with zero attached hydrogens (tertiary/aromatic N) is 3. The molecule has 46 heavy (non-hydrogen) atoms. The van der Waals surface area contributed by atoms with E-state index >= 15 is 0 Å². The van der Waals surface area contributed by atoms with E-state index in [0.29, 0.717) is 37.8 Å². The van der Waals surface area contributed by atoms with Crippen molar-refractivity contribution in [3.05, 3.63) is 58.1 Å². The molecule has 2 atom stereocenters. The van der Waals surface area contributed by atoms with Crippen LogP contribution in [0.3, 0.4) is 0 Å². The molecule has 0 radical (unpaired) electrons. The van der Waals surface area contributed by atoms with Gasteiger partial charge in [-0.15, -0.1) is 0 Å². The Morgan fingerprint density at radius 1 is 0.848 bits per heavy atom. The molecule has 0 unspecified atom stereocenters. The molecule has 2 aliphatic heterocycles. The number of rotatable bonds is 7. The Morgan fingerprint density at radius 2 is 1.28 bits per heavy atom. The number of nitrogen functional groups attached to an aromatic ring is 1. The number of benzene rings is 2. The van der Waals surface area contributed by atoms with Crippen LogP contribution >= 0.6 is 0 Å². The van der Waals surface area contributed by atoms with E-state index in [9.17, 15) is 28.5 Å². The highest BCUT2D eigenvalue weighted by atomic mass is 19.1. The number of anilines is 3. The predicted molar refractivity (Wildman–Crippen MR) is 173 cm³/mol. The average molecular weight is 649 g/mol. The molecule has 0 spiro atoms. The lowest BCUT2D eigenvalue weighted by Crippen LogP contribution is -2.36. The van der Waals surface area contributed by atoms with Crippen LogP contribution in [0.1, 0.15) is 54.4 Å². The molecule has 2 aromatic rings. The number of hydrogen-bond acceptors (Lipinski definition) is 9. The first kappa shape index (κ1) is 36.1. The number of carbonyl (C=O) groups excluding carboxylic acids is 2. The molecule has 2 aliphatic rings. The van der Waals surface area contributed by atoms with Crippen molar-refractivity contribution in [2.24, 2.45) is 11.8 Å². The van der Waals surface area contributed by atoms with Crippen LogP contribution < -0.4 is 26.2 Å². The molecule has 2 aromatic carbocycles. The van der Waals surface area contributed by atoms with E-state index in [1.165, 1.54) is 18.2 Å². The summed E-state index contributed by atoms with van der Waals surface area (Å²) >= 11 is 0. The first-order chi connectivity index (χ1) is 21.4. The van der Waals surface area contributed by atoms with Gasteiger partial charge in [0.1, 0.15) is 17.0 Å². The van der Waals surface area contributed by atoms with Crippen molar-refractivity contribution in [2.75, 3.05) is 54.8 Å². The summed E-state index contributed by atoms with van der Waals surface area (Å²) in [6.45, 7) is 14.9. The van der Waals surface area contributed by atoms with Crippen LogP contribution in [0.2, 0.25) is 0 Å². The normalized spacial score (nSPS) is 18.0. The summed E-state index contributed by atoms with van der Waals surface area (Å²) in [7, 11) is 0. The largest absolute Gasteiger partial charge is 0.444 e. The second-order valence-electron chi connectivity index (χ2n) is 13.6. The van der Waals surface area contributed by atoms with E-state index in [1.807, 2.05) is 31.7 Å². The van der Waals surface area contributed by atoms with Gasteiger partial charge in [-0.3, -0.25) is 10.1 Å². The SMILES string of the molecule is CC(C)(C)OC(=O)NC[C@H]1CCN(c2ccc(N)c(F)c2)C1.CC(C)(C)OC(=O)NC[C@H]1CCN(c2ccc([N+](=O)[O-])c(F)c2)C1. The van der Waals surface area contributed by atoms with Crippen molar-refractivity contribution in [3.63, 3.8) is 0 Å². The fourth-order valence-corrected chi connectivity index (χ4v) is 5.10. The van der Waals surface area contributed by atoms with E-state index < -0.39 is 45.6 Å². The van der Waals surface area contributed by atoms with Crippen molar-refractivity contribution in [3.8, 4) is 0 Å². The monoisotopic (exact) mass is 648 g/mol. The van der Waals surface area contributed by atoms with Crippen LogP contribution in [0.25, 0.3) is 0 Å². The molecule has 254 valence electrons. The number of ether oxygens (including phenoxy) is 2. The molecule has 4 rings (SSSR count). The summed E-state index contributed by atoms with van der Waals surface area (Å²) in [5.74, 6) is -0.690. The van der Waals surface area contributed by atoms with Gasteiger partial charge in [0, 0.05) is 62.8 Å². The van der Waals surface area contributed by atoms with Crippen molar-refractivity contribution in [2.45, 2.75) is 65.6 Å². The van der Waals surface area contributed by atoms with Crippen LogP contribution in [0.4, 0.5) is 41.1 Å². The summed E-state index contributed by atoms with van der Waals surface area (Å²) in [5.41, 5.74) is 5.52. The van der Waals surface area contributed by atoms with Crippen LogP contribution in [-0.2, 0) is 9.47 Å². The van der Waals surface area contributed by atoms with Gasteiger partial charge >= 0.3 is 17.9 Å². The highest BCUT2D eigenvalue weighted by Crippen LogP contribution is 2.28. The van der Waals surface area contributed by atoms with E-state index in [0.717, 1.165) is 31.6 Å². The second-order valence-corrected chi connectivity index (χ2v) is 13.6. The van der Waals surface area contributed by atoms with Gasteiger partial charge < -0.3 is 35.6 Å². The third-order valence-corrected chi connectivity index (χ3v) is 7.28. The molecular weight excluding hydrogens is 602 g/mol. The fourth-order valence-electron chi connectivity index (χ4n) is 5.10. The highest BCUT2D eigenvalue weighted by molar-refractivity contribution is 5.68. The van der Waals surface area contributed by atoms with Gasteiger partial charge in [0.05, 0.1) is 10.6 Å². The molecule has 0 saturated carbocycles. The quantitative estimate of drug-likeness (QED) is 0.191. The van der Waals surface area contributed by atoms with E-state index in [1.54, 1.807) is 32.9 Å². The molecule has 0 bridgehead atoms. The zero-order chi connectivity index (χ0) is 34.2. The molecule has 12 nitrogen and oxygen atoms in total. The molecule has 2 fully saturated rings. The Kier molecular flexibility index (Phi) is 12.0. The van der Waals surface area contributed by atoms with Crippen molar-refractivity contribution >= 4 is 34.9 Å². The number of nitrogens with two attached hydrogens (primary N) is 1. The Hall–Kier alpha value is -4.36. The standard InChI is InChI=1S/C16H22FN3O4.C16H24FN3O2/c1-16(2,3)24-15(21)18-9-11-6-7-19(10-11)12-4-5-14(20(22)23)13(17)8-12;1-16(2,3)22-15(21)19-9-11-6-7-20(10-11)12-4-5-14(18)13(17)8-12/h4-5,8,11H,6-7,9-10H2,1-3H3,(H,18,21);4-5,8,11H,6-7,9-10,18H2,1-3H3,(H,19,21)/t2*11-/m11/s1. The molecule has 2 saturated heterocycles. The number of carbonyl (C=O) groups is 2.